The first-order chi connectivity index (χ1) is 4.83. The van der Waals surface area contributed by atoms with Gasteiger partial charge in [-0.15, -0.1) is 0 Å². The van der Waals surface area contributed by atoms with Crippen LogP contribution in [0.5, 0.6) is 0 Å². The van der Waals surface area contributed by atoms with Crippen molar-refractivity contribution in [3.05, 3.63) is 12.2 Å². The van der Waals surface area contributed by atoms with Gasteiger partial charge in [-0.05, 0) is 6.92 Å². The zero-order valence-corrected chi connectivity index (χ0v) is 7.27. The summed E-state index contributed by atoms with van der Waals surface area (Å²) in [5.41, 5.74) is 0.189. The molecule has 0 radical (unpaired) electrons. The van der Waals surface area contributed by atoms with Crippen molar-refractivity contribution in [2.45, 2.75) is 6.92 Å². The van der Waals surface area contributed by atoms with E-state index in [0.29, 0.717) is 0 Å². The Morgan fingerprint density at radius 2 is 2.00 bits per heavy atom. The van der Waals surface area contributed by atoms with E-state index in [-0.39, 0.29) is 5.57 Å². The highest BCUT2D eigenvalue weighted by Gasteiger charge is 2.07. The molecule has 0 amide bonds. The summed E-state index contributed by atoms with van der Waals surface area (Å²) in [5, 5.41) is 0. The molecule has 0 N–H and O–H groups in total. The van der Waals surface area contributed by atoms with Gasteiger partial charge in [-0.25, -0.2) is 13.2 Å². The number of ether oxygens (including phenoxy) is 1. The van der Waals surface area contributed by atoms with Gasteiger partial charge >= 0.3 is 5.97 Å². The van der Waals surface area contributed by atoms with Gasteiger partial charge in [0.1, 0.15) is 0 Å². The Balaban J connectivity index is 3.92. The molecule has 0 saturated heterocycles. The smallest absolute Gasteiger partial charge is 0.334 e. The van der Waals surface area contributed by atoms with Gasteiger partial charge < -0.3 is 4.74 Å². The third-order valence-electron chi connectivity index (χ3n) is 0.753. The van der Waals surface area contributed by atoms with Gasteiger partial charge in [-0.1, -0.05) is 6.58 Å². The van der Waals surface area contributed by atoms with Crippen molar-refractivity contribution in [1.82, 2.24) is 0 Å². The Labute approximate surface area is 65.8 Å². The van der Waals surface area contributed by atoms with Crippen molar-refractivity contribution >= 4 is 15.8 Å². The summed E-state index contributed by atoms with van der Waals surface area (Å²) < 4.78 is 25.2. The number of hydrogen-bond acceptors (Lipinski definition) is 4. The van der Waals surface area contributed by atoms with E-state index in [1.54, 1.807) is 0 Å². The van der Waals surface area contributed by atoms with E-state index in [1.165, 1.54) is 6.92 Å². The van der Waals surface area contributed by atoms with E-state index in [1.807, 2.05) is 0 Å². The van der Waals surface area contributed by atoms with E-state index >= 15 is 0 Å². The Morgan fingerprint density at radius 1 is 1.55 bits per heavy atom. The highest BCUT2D eigenvalue weighted by molar-refractivity contribution is 7.90. The van der Waals surface area contributed by atoms with Crippen LogP contribution in [0.25, 0.3) is 0 Å². The molecule has 0 aliphatic carbocycles. The van der Waals surface area contributed by atoms with Crippen LogP contribution < -0.4 is 0 Å². The number of sulfone groups is 1. The molecule has 0 aromatic rings. The maximum absolute atomic E-state index is 10.6. The van der Waals surface area contributed by atoms with Gasteiger partial charge in [-0.2, -0.15) is 0 Å². The van der Waals surface area contributed by atoms with Crippen molar-refractivity contribution < 1.29 is 17.9 Å². The molecule has 0 atom stereocenters. The molecule has 0 spiro atoms. The first kappa shape index (κ1) is 10.2. The van der Waals surface area contributed by atoms with E-state index in [2.05, 4.69) is 11.3 Å². The molecule has 4 nitrogen and oxygen atoms in total. The highest BCUT2D eigenvalue weighted by Crippen LogP contribution is 1.93. The quantitative estimate of drug-likeness (QED) is 0.454. The van der Waals surface area contributed by atoms with Crippen LogP contribution in [0.4, 0.5) is 0 Å². The molecular weight excluding hydrogens is 168 g/mol. The first-order valence-corrected chi connectivity index (χ1v) is 4.89. The minimum absolute atomic E-state index is 0.189. The van der Waals surface area contributed by atoms with Crippen LogP contribution in [0.2, 0.25) is 0 Å². The van der Waals surface area contributed by atoms with E-state index in [4.69, 9.17) is 0 Å². The van der Waals surface area contributed by atoms with E-state index in [9.17, 15) is 13.2 Å². The van der Waals surface area contributed by atoms with Gasteiger partial charge in [0.25, 0.3) is 0 Å². The Kier molecular flexibility index (Phi) is 3.25. The van der Waals surface area contributed by atoms with E-state index < -0.39 is 21.7 Å². The van der Waals surface area contributed by atoms with Crippen molar-refractivity contribution in [2.75, 3.05) is 12.2 Å². The molecular formula is C6H10O4S. The van der Waals surface area contributed by atoms with Crippen LogP contribution in [0.1, 0.15) is 6.92 Å². The number of hydrogen-bond donors (Lipinski definition) is 0. The average Bonchev–Trinajstić information content (AvgIpc) is 1.80. The fourth-order valence-electron chi connectivity index (χ4n) is 0.284. The lowest BCUT2D eigenvalue weighted by Gasteiger charge is -2.00. The van der Waals surface area contributed by atoms with Gasteiger partial charge in [0.05, 0.1) is 0 Å². The molecule has 0 unspecified atom stereocenters. The molecule has 0 fully saturated rings. The third kappa shape index (κ3) is 5.60. The van der Waals surface area contributed by atoms with Crippen molar-refractivity contribution in [1.29, 1.82) is 0 Å². The molecule has 11 heavy (non-hydrogen) atoms. The third-order valence-corrected chi connectivity index (χ3v) is 1.30. The van der Waals surface area contributed by atoms with Crippen LogP contribution in [0.3, 0.4) is 0 Å². The second-order valence-corrected chi connectivity index (χ2v) is 4.34. The predicted octanol–water partition coefficient (Wildman–Crippen LogP) is 0.108. The minimum Gasteiger partial charge on any atom is -0.446 e. The molecule has 64 valence electrons. The molecule has 0 aliphatic heterocycles. The van der Waals surface area contributed by atoms with Crippen LogP contribution in [0.15, 0.2) is 12.2 Å². The zero-order chi connectivity index (χ0) is 9.07. The normalized spacial score (nSPS) is 10.7. The Bertz CT molecular complexity index is 262. The lowest BCUT2D eigenvalue weighted by molar-refractivity contribution is -0.136. The number of carbonyl (C=O) groups is 1. The maximum atomic E-state index is 10.6. The SMILES string of the molecule is C=C(C)C(=O)OCS(C)(=O)=O. The topological polar surface area (TPSA) is 60.4 Å². The summed E-state index contributed by atoms with van der Waals surface area (Å²) in [6.45, 7) is 4.74. The Morgan fingerprint density at radius 3 is 2.27 bits per heavy atom. The van der Waals surface area contributed by atoms with Crippen LogP contribution in [-0.2, 0) is 19.4 Å². The molecule has 0 heterocycles. The van der Waals surface area contributed by atoms with Crippen molar-refractivity contribution in [3.8, 4) is 0 Å². The summed E-state index contributed by atoms with van der Waals surface area (Å²) in [6.07, 6.45) is 0.985. The molecule has 0 bridgehead atoms. The molecule has 0 aromatic carbocycles. The number of rotatable bonds is 3. The van der Waals surface area contributed by atoms with E-state index in [0.717, 1.165) is 6.26 Å². The molecule has 0 rings (SSSR count). The summed E-state index contributed by atoms with van der Waals surface area (Å²) in [5.74, 6) is -1.27. The maximum Gasteiger partial charge on any atom is 0.334 e. The lowest BCUT2D eigenvalue weighted by atomic mass is 10.4. The lowest BCUT2D eigenvalue weighted by Crippen LogP contribution is -2.12. The summed E-state index contributed by atoms with van der Waals surface area (Å²) in [6, 6.07) is 0. The largest absolute Gasteiger partial charge is 0.446 e. The second kappa shape index (κ2) is 3.52. The number of carbonyl (C=O) groups excluding carboxylic acids is 1. The average molecular weight is 178 g/mol. The predicted molar refractivity (Wildman–Crippen MR) is 40.6 cm³/mol. The summed E-state index contributed by atoms with van der Waals surface area (Å²) >= 11 is 0. The fraction of sp³-hybridized carbons (Fsp3) is 0.500. The van der Waals surface area contributed by atoms with Crippen molar-refractivity contribution in [3.63, 3.8) is 0 Å². The molecule has 0 aliphatic rings. The van der Waals surface area contributed by atoms with Gasteiger partial charge in [0.15, 0.2) is 15.8 Å². The highest BCUT2D eigenvalue weighted by atomic mass is 32.2. The Hall–Kier alpha value is -0.840. The fourth-order valence-corrected chi connectivity index (χ4v) is 0.605. The van der Waals surface area contributed by atoms with Gasteiger partial charge in [0.2, 0.25) is 0 Å². The van der Waals surface area contributed by atoms with Crippen LogP contribution in [-0.4, -0.2) is 26.6 Å². The molecule has 5 heteroatoms. The van der Waals surface area contributed by atoms with Gasteiger partial charge in [0, 0.05) is 11.8 Å². The monoisotopic (exact) mass is 178 g/mol. The van der Waals surface area contributed by atoms with Crippen molar-refractivity contribution in [2.24, 2.45) is 0 Å². The number of esters is 1. The molecule has 0 saturated carbocycles. The summed E-state index contributed by atoms with van der Waals surface area (Å²) in [7, 11) is -3.24. The first-order valence-electron chi connectivity index (χ1n) is 2.83. The molecule has 0 aromatic heterocycles. The van der Waals surface area contributed by atoms with Crippen LogP contribution >= 0.6 is 0 Å². The minimum atomic E-state index is -3.24. The van der Waals surface area contributed by atoms with Crippen LogP contribution in [0, 0.1) is 0 Å². The second-order valence-electron chi connectivity index (χ2n) is 2.26. The standard InChI is InChI=1S/C6H10O4S/c1-5(2)6(7)10-4-11(3,8)9/h1,4H2,2-3H3. The summed E-state index contributed by atoms with van der Waals surface area (Å²) in [4.78, 5) is 10.6. The zero-order valence-electron chi connectivity index (χ0n) is 6.46. The van der Waals surface area contributed by atoms with Gasteiger partial charge in [-0.3, -0.25) is 0 Å².